The zero-order valence-corrected chi connectivity index (χ0v) is 12.8. The van der Waals surface area contributed by atoms with Gasteiger partial charge in [-0.15, -0.1) is 0 Å². The summed E-state index contributed by atoms with van der Waals surface area (Å²) in [5.41, 5.74) is 3.94. The highest BCUT2D eigenvalue weighted by Crippen LogP contribution is 2.25. The largest absolute Gasteiger partial charge is 0.496 e. The molecule has 0 aliphatic heterocycles. The second kappa shape index (κ2) is 6.06. The zero-order chi connectivity index (χ0) is 15.5. The first-order valence-corrected chi connectivity index (χ1v) is 7.42. The number of methoxy groups -OCH3 is 1. The number of rotatable bonds is 5. The molecule has 0 saturated carbocycles. The number of aromatic nitrogens is 1. The molecule has 3 aromatic rings. The van der Waals surface area contributed by atoms with Crippen LogP contribution in [0.3, 0.4) is 0 Å². The predicted molar refractivity (Wildman–Crippen MR) is 88.7 cm³/mol. The second-order valence-electron chi connectivity index (χ2n) is 5.44. The van der Waals surface area contributed by atoms with Crippen LogP contribution in [0.4, 0.5) is 0 Å². The van der Waals surface area contributed by atoms with E-state index in [9.17, 15) is 4.79 Å². The minimum atomic E-state index is 0.117. The summed E-state index contributed by atoms with van der Waals surface area (Å²) in [7, 11) is 1.61. The molecule has 0 atom stereocenters. The van der Waals surface area contributed by atoms with Gasteiger partial charge in [-0.2, -0.15) is 0 Å². The van der Waals surface area contributed by atoms with Crippen molar-refractivity contribution in [1.29, 1.82) is 0 Å². The molecule has 22 heavy (non-hydrogen) atoms. The summed E-state index contributed by atoms with van der Waals surface area (Å²) >= 11 is 0. The Bertz CT molecular complexity index is 817. The maximum atomic E-state index is 12.5. The van der Waals surface area contributed by atoms with Crippen molar-refractivity contribution in [3.63, 3.8) is 0 Å². The highest BCUT2D eigenvalue weighted by atomic mass is 16.5. The molecular weight excluding hydrogens is 274 g/mol. The fourth-order valence-electron chi connectivity index (χ4n) is 2.86. The van der Waals surface area contributed by atoms with Gasteiger partial charge in [-0.1, -0.05) is 30.3 Å². The van der Waals surface area contributed by atoms with E-state index < -0.39 is 0 Å². The Kier molecular flexibility index (Phi) is 3.96. The fourth-order valence-corrected chi connectivity index (χ4v) is 2.86. The summed E-state index contributed by atoms with van der Waals surface area (Å²) < 4.78 is 5.38. The fraction of sp³-hybridized carbons (Fsp3) is 0.211. The SMILES string of the molecule is COc1c(C)cccc1C(=O)CCc1c[nH]c2ccccc12. The molecule has 0 spiro atoms. The maximum Gasteiger partial charge on any atom is 0.166 e. The number of nitrogens with one attached hydrogen (secondary N) is 1. The van der Waals surface area contributed by atoms with Crippen molar-refractivity contribution in [3.8, 4) is 5.75 Å². The van der Waals surface area contributed by atoms with Crippen LogP contribution in [-0.2, 0) is 6.42 Å². The number of H-pyrrole nitrogens is 1. The van der Waals surface area contributed by atoms with Gasteiger partial charge in [-0.05, 0) is 36.6 Å². The Morgan fingerprint density at radius 2 is 1.95 bits per heavy atom. The van der Waals surface area contributed by atoms with Gasteiger partial charge in [0.2, 0.25) is 0 Å². The standard InChI is InChI=1S/C19H19NO2/c1-13-6-5-8-16(19(13)22-2)18(21)11-10-14-12-20-17-9-4-3-7-15(14)17/h3-9,12,20H,10-11H2,1-2H3. The van der Waals surface area contributed by atoms with Crippen LogP contribution in [0.1, 0.15) is 27.9 Å². The normalized spacial score (nSPS) is 10.8. The number of Topliss-reactive ketones (excluding diaryl/α,β-unsaturated/α-hetero) is 1. The average Bonchev–Trinajstić information content (AvgIpc) is 2.95. The van der Waals surface area contributed by atoms with Crippen molar-refractivity contribution in [3.05, 3.63) is 65.4 Å². The summed E-state index contributed by atoms with van der Waals surface area (Å²) in [5.74, 6) is 0.803. The van der Waals surface area contributed by atoms with Crippen LogP contribution in [0.25, 0.3) is 10.9 Å². The smallest absolute Gasteiger partial charge is 0.166 e. The topological polar surface area (TPSA) is 42.1 Å². The third-order valence-electron chi connectivity index (χ3n) is 4.01. The molecular formula is C19H19NO2. The van der Waals surface area contributed by atoms with Crippen molar-refractivity contribution in [2.75, 3.05) is 7.11 Å². The van der Waals surface area contributed by atoms with Crippen LogP contribution in [0.2, 0.25) is 0 Å². The van der Waals surface area contributed by atoms with Crippen molar-refractivity contribution in [1.82, 2.24) is 4.98 Å². The molecule has 0 aliphatic rings. The molecule has 1 N–H and O–H groups in total. The molecule has 0 bridgehead atoms. The Morgan fingerprint density at radius 3 is 2.77 bits per heavy atom. The Morgan fingerprint density at radius 1 is 1.14 bits per heavy atom. The number of hydrogen-bond acceptors (Lipinski definition) is 2. The van der Waals surface area contributed by atoms with Crippen LogP contribution in [0.5, 0.6) is 5.75 Å². The third-order valence-corrected chi connectivity index (χ3v) is 4.01. The molecule has 0 saturated heterocycles. The number of aromatic amines is 1. The summed E-state index contributed by atoms with van der Waals surface area (Å²) in [6, 6.07) is 13.8. The number of para-hydroxylation sites is 2. The summed E-state index contributed by atoms with van der Waals surface area (Å²) in [4.78, 5) is 15.8. The average molecular weight is 293 g/mol. The lowest BCUT2D eigenvalue weighted by atomic mass is 10.00. The van der Waals surface area contributed by atoms with Crippen LogP contribution < -0.4 is 4.74 Å². The maximum absolute atomic E-state index is 12.5. The zero-order valence-electron chi connectivity index (χ0n) is 12.8. The van der Waals surface area contributed by atoms with Gasteiger partial charge in [0.25, 0.3) is 0 Å². The lowest BCUT2D eigenvalue weighted by Gasteiger charge is -2.10. The molecule has 112 valence electrons. The molecule has 0 fully saturated rings. The molecule has 3 nitrogen and oxygen atoms in total. The summed E-state index contributed by atoms with van der Waals surface area (Å²) in [5, 5.41) is 1.19. The van der Waals surface area contributed by atoms with E-state index in [2.05, 4.69) is 11.1 Å². The summed E-state index contributed by atoms with van der Waals surface area (Å²) in [6.45, 7) is 1.95. The van der Waals surface area contributed by atoms with E-state index in [1.165, 1.54) is 10.9 Å². The number of carbonyl (C=O) groups excluding carboxylic acids is 1. The highest BCUT2D eigenvalue weighted by Gasteiger charge is 2.14. The van der Waals surface area contributed by atoms with Crippen LogP contribution in [-0.4, -0.2) is 17.9 Å². The van der Waals surface area contributed by atoms with Crippen molar-refractivity contribution in [2.45, 2.75) is 19.8 Å². The first-order valence-electron chi connectivity index (χ1n) is 7.42. The number of ether oxygens (including phenoxy) is 1. The number of hydrogen-bond donors (Lipinski definition) is 1. The van der Waals surface area contributed by atoms with Gasteiger partial charge in [-0.25, -0.2) is 0 Å². The third kappa shape index (κ3) is 2.62. The van der Waals surface area contributed by atoms with Gasteiger partial charge in [-0.3, -0.25) is 4.79 Å². The van der Waals surface area contributed by atoms with E-state index >= 15 is 0 Å². The van der Waals surface area contributed by atoms with Crippen molar-refractivity contribution >= 4 is 16.7 Å². The Hall–Kier alpha value is -2.55. The molecule has 3 rings (SSSR count). The lowest BCUT2D eigenvalue weighted by molar-refractivity contribution is 0.0980. The van der Waals surface area contributed by atoms with Gasteiger partial charge in [0.15, 0.2) is 5.78 Å². The van der Waals surface area contributed by atoms with E-state index in [0.717, 1.165) is 17.5 Å². The van der Waals surface area contributed by atoms with Gasteiger partial charge >= 0.3 is 0 Å². The van der Waals surface area contributed by atoms with Gasteiger partial charge in [0, 0.05) is 23.5 Å². The molecule has 1 heterocycles. The summed E-state index contributed by atoms with van der Waals surface area (Å²) in [6.07, 6.45) is 3.19. The second-order valence-corrected chi connectivity index (χ2v) is 5.44. The van der Waals surface area contributed by atoms with Crippen molar-refractivity contribution in [2.24, 2.45) is 0 Å². The van der Waals surface area contributed by atoms with E-state index in [1.54, 1.807) is 7.11 Å². The van der Waals surface area contributed by atoms with Crippen molar-refractivity contribution < 1.29 is 9.53 Å². The monoisotopic (exact) mass is 293 g/mol. The number of benzene rings is 2. The van der Waals surface area contributed by atoms with Gasteiger partial charge < -0.3 is 9.72 Å². The molecule has 1 aromatic heterocycles. The minimum Gasteiger partial charge on any atom is -0.496 e. The van der Waals surface area contributed by atoms with E-state index in [-0.39, 0.29) is 5.78 Å². The van der Waals surface area contributed by atoms with Gasteiger partial charge in [0.1, 0.15) is 5.75 Å². The highest BCUT2D eigenvalue weighted by molar-refractivity contribution is 5.99. The van der Waals surface area contributed by atoms with E-state index in [0.29, 0.717) is 17.7 Å². The number of aryl methyl sites for hydroxylation is 2. The first kappa shape index (κ1) is 14.4. The lowest BCUT2D eigenvalue weighted by Crippen LogP contribution is -2.04. The number of carbonyl (C=O) groups is 1. The Balaban J connectivity index is 1.79. The molecule has 2 aromatic carbocycles. The Labute approximate surface area is 129 Å². The molecule has 0 radical (unpaired) electrons. The number of ketones is 1. The van der Waals surface area contributed by atoms with Crippen LogP contribution in [0, 0.1) is 6.92 Å². The van der Waals surface area contributed by atoms with Gasteiger partial charge in [0.05, 0.1) is 12.7 Å². The quantitative estimate of drug-likeness (QED) is 0.713. The first-order chi connectivity index (χ1) is 10.7. The molecule has 3 heteroatoms. The molecule has 0 unspecified atom stereocenters. The molecule has 0 amide bonds. The van der Waals surface area contributed by atoms with Crippen LogP contribution >= 0.6 is 0 Å². The van der Waals surface area contributed by atoms with Crippen LogP contribution in [0.15, 0.2) is 48.7 Å². The molecule has 0 aliphatic carbocycles. The predicted octanol–water partition coefficient (Wildman–Crippen LogP) is 4.30. The van der Waals surface area contributed by atoms with E-state index in [1.807, 2.05) is 49.5 Å². The number of fused-ring (bicyclic) bond motifs is 1. The van der Waals surface area contributed by atoms with E-state index in [4.69, 9.17) is 4.74 Å². The minimum absolute atomic E-state index is 0.117.